The number of hydrogen-bond acceptors (Lipinski definition) is 2. The molecule has 2 rings (SSSR count). The first kappa shape index (κ1) is 14.5. The van der Waals surface area contributed by atoms with Gasteiger partial charge in [-0.2, -0.15) is 0 Å². The Bertz CT molecular complexity index is 360. The molecule has 1 aliphatic rings. The molecule has 0 bridgehead atoms. The summed E-state index contributed by atoms with van der Waals surface area (Å²) in [6, 6.07) is 7.04. The van der Waals surface area contributed by atoms with Gasteiger partial charge in [-0.3, -0.25) is 0 Å². The third-order valence-electron chi connectivity index (χ3n) is 3.83. The van der Waals surface area contributed by atoms with Gasteiger partial charge in [0.15, 0.2) is 0 Å². The first-order valence-corrected chi connectivity index (χ1v) is 7.40. The van der Waals surface area contributed by atoms with Gasteiger partial charge >= 0.3 is 0 Å². The van der Waals surface area contributed by atoms with Crippen LogP contribution in [0.2, 0.25) is 0 Å². The SMILES string of the molecule is CCC(NCCOC1CCCC1)c1ccc(F)cc1. The monoisotopic (exact) mass is 265 g/mol. The van der Waals surface area contributed by atoms with Crippen LogP contribution in [-0.4, -0.2) is 19.3 Å². The molecule has 0 aliphatic heterocycles. The standard InChI is InChI=1S/C16H24FNO/c1-2-16(13-7-9-14(17)10-8-13)18-11-12-19-15-5-3-4-6-15/h7-10,15-16,18H,2-6,11-12H2,1H3. The summed E-state index contributed by atoms with van der Waals surface area (Å²) < 4.78 is 18.7. The summed E-state index contributed by atoms with van der Waals surface area (Å²) in [7, 11) is 0. The predicted molar refractivity (Wildman–Crippen MR) is 75.6 cm³/mol. The van der Waals surface area contributed by atoms with E-state index < -0.39 is 0 Å². The second-order valence-electron chi connectivity index (χ2n) is 5.24. The number of hydrogen-bond donors (Lipinski definition) is 1. The van der Waals surface area contributed by atoms with Crippen LogP contribution in [-0.2, 0) is 4.74 Å². The van der Waals surface area contributed by atoms with Crippen molar-refractivity contribution >= 4 is 0 Å². The average Bonchev–Trinajstić information content (AvgIpc) is 2.93. The quantitative estimate of drug-likeness (QED) is 0.757. The van der Waals surface area contributed by atoms with Crippen LogP contribution in [0.4, 0.5) is 4.39 Å². The van der Waals surface area contributed by atoms with Gasteiger partial charge in [-0.1, -0.05) is 31.9 Å². The van der Waals surface area contributed by atoms with Crippen molar-refractivity contribution in [2.24, 2.45) is 0 Å². The van der Waals surface area contributed by atoms with E-state index >= 15 is 0 Å². The molecule has 0 radical (unpaired) electrons. The zero-order valence-corrected chi connectivity index (χ0v) is 11.7. The minimum atomic E-state index is -0.178. The Morgan fingerprint density at radius 3 is 2.58 bits per heavy atom. The molecular formula is C16H24FNO. The smallest absolute Gasteiger partial charge is 0.123 e. The Balaban J connectivity index is 1.71. The van der Waals surface area contributed by atoms with Crippen LogP contribution in [0.5, 0.6) is 0 Å². The number of ether oxygens (including phenoxy) is 1. The Labute approximate surface area is 115 Å². The first-order valence-electron chi connectivity index (χ1n) is 7.40. The highest BCUT2D eigenvalue weighted by molar-refractivity contribution is 5.19. The van der Waals surface area contributed by atoms with Crippen LogP contribution in [0, 0.1) is 5.82 Å². The van der Waals surface area contributed by atoms with Gasteiger partial charge in [-0.25, -0.2) is 4.39 Å². The van der Waals surface area contributed by atoms with Crippen molar-refractivity contribution < 1.29 is 9.13 Å². The van der Waals surface area contributed by atoms with Gasteiger partial charge in [0.1, 0.15) is 5.82 Å². The fraction of sp³-hybridized carbons (Fsp3) is 0.625. The van der Waals surface area contributed by atoms with E-state index in [0.717, 1.165) is 25.1 Å². The van der Waals surface area contributed by atoms with E-state index in [0.29, 0.717) is 6.10 Å². The molecule has 0 spiro atoms. The van der Waals surface area contributed by atoms with Crippen LogP contribution in [0.3, 0.4) is 0 Å². The molecule has 1 aromatic rings. The van der Waals surface area contributed by atoms with E-state index in [-0.39, 0.29) is 11.9 Å². The lowest BCUT2D eigenvalue weighted by Gasteiger charge is -2.18. The van der Waals surface area contributed by atoms with E-state index in [9.17, 15) is 4.39 Å². The molecule has 19 heavy (non-hydrogen) atoms. The minimum absolute atomic E-state index is 0.178. The lowest BCUT2D eigenvalue weighted by Crippen LogP contribution is -2.26. The highest BCUT2D eigenvalue weighted by atomic mass is 19.1. The van der Waals surface area contributed by atoms with Crippen molar-refractivity contribution in [3.8, 4) is 0 Å². The zero-order valence-electron chi connectivity index (χ0n) is 11.7. The second kappa shape index (κ2) is 7.61. The van der Waals surface area contributed by atoms with Gasteiger partial charge in [0.2, 0.25) is 0 Å². The van der Waals surface area contributed by atoms with Crippen LogP contribution in [0.25, 0.3) is 0 Å². The largest absolute Gasteiger partial charge is 0.377 e. The van der Waals surface area contributed by atoms with Crippen molar-refractivity contribution in [1.29, 1.82) is 0 Å². The molecule has 2 nitrogen and oxygen atoms in total. The van der Waals surface area contributed by atoms with E-state index in [1.54, 1.807) is 0 Å². The summed E-state index contributed by atoms with van der Waals surface area (Å²) in [5.74, 6) is -0.178. The van der Waals surface area contributed by atoms with Crippen molar-refractivity contribution in [1.82, 2.24) is 5.32 Å². The highest BCUT2D eigenvalue weighted by Crippen LogP contribution is 2.21. The van der Waals surface area contributed by atoms with Gasteiger partial charge in [-0.15, -0.1) is 0 Å². The minimum Gasteiger partial charge on any atom is -0.377 e. The van der Waals surface area contributed by atoms with Crippen LogP contribution < -0.4 is 5.32 Å². The molecule has 1 saturated carbocycles. The molecule has 3 heteroatoms. The van der Waals surface area contributed by atoms with Crippen molar-refractivity contribution in [3.05, 3.63) is 35.6 Å². The highest BCUT2D eigenvalue weighted by Gasteiger charge is 2.15. The first-order chi connectivity index (χ1) is 9.29. The molecule has 1 aromatic carbocycles. The van der Waals surface area contributed by atoms with Crippen molar-refractivity contribution in [2.75, 3.05) is 13.2 Å². The molecule has 0 saturated heterocycles. The maximum Gasteiger partial charge on any atom is 0.123 e. The molecule has 0 aromatic heterocycles. The van der Waals surface area contributed by atoms with Crippen LogP contribution >= 0.6 is 0 Å². The number of rotatable bonds is 7. The summed E-state index contributed by atoms with van der Waals surface area (Å²) in [5.41, 5.74) is 1.14. The molecule has 1 atom stereocenters. The molecule has 0 heterocycles. The lowest BCUT2D eigenvalue weighted by molar-refractivity contribution is 0.0590. The van der Waals surface area contributed by atoms with E-state index in [2.05, 4.69) is 12.2 Å². The molecule has 106 valence electrons. The third kappa shape index (κ3) is 4.59. The van der Waals surface area contributed by atoms with Gasteiger partial charge in [-0.05, 0) is 37.0 Å². The number of nitrogens with one attached hydrogen (secondary N) is 1. The third-order valence-corrected chi connectivity index (χ3v) is 3.83. The van der Waals surface area contributed by atoms with Gasteiger partial charge in [0.05, 0.1) is 12.7 Å². The van der Waals surface area contributed by atoms with Gasteiger partial charge in [0.25, 0.3) is 0 Å². The Kier molecular flexibility index (Phi) is 5.80. The van der Waals surface area contributed by atoms with Crippen LogP contribution in [0.15, 0.2) is 24.3 Å². The second-order valence-corrected chi connectivity index (χ2v) is 5.24. The fourth-order valence-corrected chi connectivity index (χ4v) is 2.71. The number of halogens is 1. The maximum absolute atomic E-state index is 12.9. The van der Waals surface area contributed by atoms with E-state index in [4.69, 9.17) is 4.74 Å². The Morgan fingerprint density at radius 1 is 1.26 bits per heavy atom. The van der Waals surface area contributed by atoms with Crippen molar-refractivity contribution in [2.45, 2.75) is 51.2 Å². The number of benzene rings is 1. The summed E-state index contributed by atoms with van der Waals surface area (Å²) in [4.78, 5) is 0. The summed E-state index contributed by atoms with van der Waals surface area (Å²) in [5, 5.41) is 3.48. The van der Waals surface area contributed by atoms with Crippen LogP contribution in [0.1, 0.15) is 50.6 Å². The van der Waals surface area contributed by atoms with Crippen molar-refractivity contribution in [3.63, 3.8) is 0 Å². The van der Waals surface area contributed by atoms with E-state index in [1.807, 2.05) is 12.1 Å². The fourth-order valence-electron chi connectivity index (χ4n) is 2.71. The molecule has 1 N–H and O–H groups in total. The summed E-state index contributed by atoms with van der Waals surface area (Å²) in [6.07, 6.45) is 6.53. The van der Waals surface area contributed by atoms with E-state index in [1.165, 1.54) is 37.8 Å². The molecular weight excluding hydrogens is 241 g/mol. The normalized spacial score (nSPS) is 17.8. The predicted octanol–water partition coefficient (Wildman–Crippen LogP) is 3.83. The molecule has 1 fully saturated rings. The topological polar surface area (TPSA) is 21.3 Å². The molecule has 0 amide bonds. The Hall–Kier alpha value is -0.930. The summed E-state index contributed by atoms with van der Waals surface area (Å²) in [6.45, 7) is 3.76. The summed E-state index contributed by atoms with van der Waals surface area (Å²) >= 11 is 0. The lowest BCUT2D eigenvalue weighted by atomic mass is 10.0. The maximum atomic E-state index is 12.9. The molecule has 1 aliphatic carbocycles. The average molecular weight is 265 g/mol. The zero-order chi connectivity index (χ0) is 13.5. The van der Waals surface area contributed by atoms with Gasteiger partial charge < -0.3 is 10.1 Å². The molecule has 1 unspecified atom stereocenters. The van der Waals surface area contributed by atoms with Gasteiger partial charge in [0, 0.05) is 12.6 Å². The Morgan fingerprint density at radius 2 is 1.95 bits per heavy atom.